The molecule has 0 saturated carbocycles. The topological polar surface area (TPSA) is 79.0 Å². The second-order valence-electron chi connectivity index (χ2n) is 3.85. The van der Waals surface area contributed by atoms with Crippen molar-refractivity contribution in [3.63, 3.8) is 0 Å². The van der Waals surface area contributed by atoms with Crippen LogP contribution in [0.4, 0.5) is 21.5 Å². The molecule has 100 valence electrons. The number of nitro benzene ring substituents is 1. The maximum absolute atomic E-state index is 13.2. The second kappa shape index (κ2) is 5.67. The van der Waals surface area contributed by atoms with Crippen LogP contribution in [-0.2, 0) is 0 Å². The van der Waals surface area contributed by atoms with E-state index in [1.54, 1.807) is 12.1 Å². The molecule has 0 aromatic heterocycles. The van der Waals surface area contributed by atoms with Gasteiger partial charge in [-0.15, -0.1) is 0 Å². The maximum Gasteiger partial charge on any atom is 0.293 e. The van der Waals surface area contributed by atoms with Crippen molar-refractivity contribution < 1.29 is 9.31 Å². The highest BCUT2D eigenvalue weighted by Gasteiger charge is 2.14. The molecule has 0 aliphatic carbocycles. The first-order valence-corrected chi connectivity index (χ1v) is 6.21. The second-order valence-corrected chi connectivity index (χ2v) is 4.77. The molecule has 0 aliphatic rings. The number of anilines is 2. The molecule has 20 heavy (non-hydrogen) atoms. The van der Waals surface area contributed by atoms with Crippen LogP contribution in [0.15, 0.2) is 40.9 Å². The van der Waals surface area contributed by atoms with E-state index >= 15 is 0 Å². The van der Waals surface area contributed by atoms with Gasteiger partial charge in [-0.2, -0.15) is 5.26 Å². The van der Waals surface area contributed by atoms with Gasteiger partial charge in [0.05, 0.1) is 10.5 Å². The van der Waals surface area contributed by atoms with Crippen molar-refractivity contribution >= 4 is 33.0 Å². The van der Waals surface area contributed by atoms with E-state index in [0.717, 1.165) is 6.07 Å². The number of nitrogens with one attached hydrogen (secondary N) is 1. The highest BCUT2D eigenvalue weighted by molar-refractivity contribution is 9.10. The third-order valence-electron chi connectivity index (χ3n) is 2.52. The van der Waals surface area contributed by atoms with Crippen LogP contribution in [0.5, 0.6) is 0 Å². The number of rotatable bonds is 3. The Kier molecular flexibility index (Phi) is 3.96. The quantitative estimate of drug-likeness (QED) is 0.676. The Hall–Kier alpha value is -2.46. The standard InChI is InChI=1S/C13H7BrFN3O2/c14-9-1-4-12(13(6-9)18(19)20)17-10-2-3-11(15)8(5-10)7-16/h1-6,17H. The minimum atomic E-state index is -0.636. The van der Waals surface area contributed by atoms with E-state index in [0.29, 0.717) is 10.2 Å². The highest BCUT2D eigenvalue weighted by atomic mass is 79.9. The Morgan fingerprint density at radius 3 is 2.70 bits per heavy atom. The first-order valence-electron chi connectivity index (χ1n) is 5.42. The molecule has 2 aromatic rings. The minimum absolute atomic E-state index is 0.123. The molecule has 0 fully saturated rings. The molecular weight excluding hydrogens is 329 g/mol. The van der Waals surface area contributed by atoms with Gasteiger partial charge in [-0.3, -0.25) is 10.1 Å². The number of halogens is 2. The minimum Gasteiger partial charge on any atom is -0.350 e. The van der Waals surface area contributed by atoms with E-state index in [-0.39, 0.29) is 16.9 Å². The zero-order valence-electron chi connectivity index (χ0n) is 9.93. The normalized spacial score (nSPS) is 9.85. The lowest BCUT2D eigenvalue weighted by Gasteiger charge is -2.08. The lowest BCUT2D eigenvalue weighted by atomic mass is 10.2. The lowest BCUT2D eigenvalue weighted by molar-refractivity contribution is -0.384. The summed E-state index contributed by atoms with van der Waals surface area (Å²) in [6, 6.07) is 10.1. The van der Waals surface area contributed by atoms with E-state index in [2.05, 4.69) is 21.2 Å². The molecule has 2 aromatic carbocycles. The summed E-state index contributed by atoms with van der Waals surface area (Å²) in [5, 5.41) is 22.5. The Bertz CT molecular complexity index is 728. The average Bonchev–Trinajstić information content (AvgIpc) is 2.42. The summed E-state index contributed by atoms with van der Waals surface area (Å²) in [5.74, 6) is -0.636. The third-order valence-corrected chi connectivity index (χ3v) is 3.02. The van der Waals surface area contributed by atoms with Gasteiger partial charge in [-0.25, -0.2) is 4.39 Å². The van der Waals surface area contributed by atoms with E-state index < -0.39 is 10.7 Å². The molecule has 2 rings (SSSR count). The van der Waals surface area contributed by atoms with E-state index in [9.17, 15) is 14.5 Å². The van der Waals surface area contributed by atoms with E-state index in [1.807, 2.05) is 0 Å². The maximum atomic E-state index is 13.2. The van der Waals surface area contributed by atoms with Crippen LogP contribution < -0.4 is 5.32 Å². The Balaban J connectivity index is 2.40. The molecule has 0 saturated heterocycles. The molecule has 0 amide bonds. The SMILES string of the molecule is N#Cc1cc(Nc2ccc(Br)cc2[N+](=O)[O-])ccc1F. The van der Waals surface area contributed by atoms with Crippen LogP contribution >= 0.6 is 15.9 Å². The van der Waals surface area contributed by atoms with Crippen LogP contribution in [-0.4, -0.2) is 4.92 Å². The predicted octanol–water partition coefficient (Wildman–Crippen LogP) is 4.11. The largest absolute Gasteiger partial charge is 0.350 e. The summed E-state index contributed by atoms with van der Waals surface area (Å²) >= 11 is 3.16. The number of nitrogens with zero attached hydrogens (tertiary/aromatic N) is 2. The fraction of sp³-hybridized carbons (Fsp3) is 0. The van der Waals surface area contributed by atoms with Gasteiger partial charge in [0.15, 0.2) is 0 Å². The molecule has 0 unspecified atom stereocenters. The van der Waals surface area contributed by atoms with Crippen molar-refractivity contribution in [1.82, 2.24) is 0 Å². The van der Waals surface area contributed by atoms with Crippen LogP contribution in [0.1, 0.15) is 5.56 Å². The zero-order chi connectivity index (χ0) is 14.7. The van der Waals surface area contributed by atoms with Crippen molar-refractivity contribution in [3.8, 4) is 6.07 Å². The summed E-state index contributed by atoms with van der Waals surface area (Å²) in [4.78, 5) is 10.4. The molecule has 0 aliphatic heterocycles. The fourth-order valence-corrected chi connectivity index (χ4v) is 1.95. The number of nitriles is 1. The number of hydrogen-bond donors (Lipinski definition) is 1. The van der Waals surface area contributed by atoms with Crippen molar-refractivity contribution in [2.45, 2.75) is 0 Å². The van der Waals surface area contributed by atoms with Crippen LogP contribution in [0, 0.1) is 27.3 Å². The molecule has 0 atom stereocenters. The Labute approximate surface area is 121 Å². The Morgan fingerprint density at radius 1 is 1.30 bits per heavy atom. The zero-order valence-corrected chi connectivity index (χ0v) is 11.5. The summed E-state index contributed by atoms with van der Waals surface area (Å²) in [6.07, 6.45) is 0. The summed E-state index contributed by atoms with van der Waals surface area (Å²) in [5.41, 5.74) is 0.402. The van der Waals surface area contributed by atoms with Gasteiger partial charge >= 0.3 is 0 Å². The van der Waals surface area contributed by atoms with Gasteiger partial charge in [-0.1, -0.05) is 15.9 Å². The summed E-state index contributed by atoms with van der Waals surface area (Å²) < 4.78 is 13.8. The van der Waals surface area contributed by atoms with Crippen LogP contribution in [0.2, 0.25) is 0 Å². The predicted molar refractivity (Wildman–Crippen MR) is 75.2 cm³/mol. The van der Waals surface area contributed by atoms with Crippen molar-refractivity contribution in [2.24, 2.45) is 0 Å². The molecular formula is C13H7BrFN3O2. The number of nitro groups is 1. The fourth-order valence-electron chi connectivity index (χ4n) is 1.61. The van der Waals surface area contributed by atoms with Crippen LogP contribution in [0.3, 0.4) is 0 Å². The molecule has 1 N–H and O–H groups in total. The van der Waals surface area contributed by atoms with Gasteiger partial charge in [0, 0.05) is 16.2 Å². The Morgan fingerprint density at radius 2 is 2.05 bits per heavy atom. The monoisotopic (exact) mass is 335 g/mol. The van der Waals surface area contributed by atoms with Crippen LogP contribution in [0.25, 0.3) is 0 Å². The van der Waals surface area contributed by atoms with Gasteiger partial charge in [-0.05, 0) is 30.3 Å². The van der Waals surface area contributed by atoms with Gasteiger partial charge in [0.25, 0.3) is 5.69 Å². The molecule has 7 heteroatoms. The molecule has 5 nitrogen and oxygen atoms in total. The van der Waals surface area contributed by atoms with E-state index in [4.69, 9.17) is 5.26 Å². The van der Waals surface area contributed by atoms with Gasteiger partial charge in [0.2, 0.25) is 0 Å². The molecule has 0 heterocycles. The molecule has 0 radical (unpaired) electrons. The molecule has 0 bridgehead atoms. The summed E-state index contributed by atoms with van der Waals surface area (Å²) in [6.45, 7) is 0. The van der Waals surface area contributed by atoms with E-state index in [1.165, 1.54) is 24.3 Å². The third kappa shape index (κ3) is 2.92. The number of hydrogen-bond acceptors (Lipinski definition) is 4. The van der Waals surface area contributed by atoms with Crippen molar-refractivity contribution in [1.29, 1.82) is 5.26 Å². The van der Waals surface area contributed by atoms with Gasteiger partial charge in [0.1, 0.15) is 17.6 Å². The van der Waals surface area contributed by atoms with Gasteiger partial charge < -0.3 is 5.32 Å². The molecule has 0 spiro atoms. The number of benzene rings is 2. The first kappa shape index (κ1) is 14.0. The van der Waals surface area contributed by atoms with Crippen molar-refractivity contribution in [2.75, 3.05) is 5.32 Å². The summed E-state index contributed by atoms with van der Waals surface area (Å²) in [7, 11) is 0. The highest BCUT2D eigenvalue weighted by Crippen LogP contribution is 2.30. The van der Waals surface area contributed by atoms with Crippen molar-refractivity contribution in [3.05, 3.63) is 62.4 Å². The average molecular weight is 336 g/mol. The first-order chi connectivity index (χ1) is 9.51. The smallest absolute Gasteiger partial charge is 0.293 e. The lowest BCUT2D eigenvalue weighted by Crippen LogP contribution is -1.98.